The average molecular weight is 276 g/mol. The molecule has 2 rings (SSSR count). The molecular weight excluding hydrogens is 252 g/mol. The molecule has 0 bridgehead atoms. The first kappa shape index (κ1) is 14.9. The van der Waals surface area contributed by atoms with Gasteiger partial charge in [0.25, 0.3) is 0 Å². The van der Waals surface area contributed by atoms with E-state index in [1.54, 1.807) is 0 Å². The molecule has 0 spiro atoms. The van der Waals surface area contributed by atoms with Gasteiger partial charge in [-0.05, 0) is 58.5 Å². The molecule has 0 saturated heterocycles. The van der Waals surface area contributed by atoms with Crippen LogP contribution >= 0.6 is 0 Å². The topological polar surface area (TPSA) is 37.5 Å². The quantitative estimate of drug-likeness (QED) is 0.822. The summed E-state index contributed by atoms with van der Waals surface area (Å²) in [4.78, 5) is 5.44. The van der Waals surface area contributed by atoms with Gasteiger partial charge >= 0.3 is 0 Å². The lowest BCUT2D eigenvalue weighted by Gasteiger charge is -2.21. The molecule has 0 amide bonds. The Balaban J connectivity index is 2.31. The lowest BCUT2D eigenvalue weighted by Crippen LogP contribution is -2.22. The van der Waals surface area contributed by atoms with Crippen molar-refractivity contribution in [1.82, 2.24) is 9.88 Å². The molecule has 0 aliphatic rings. The van der Waals surface area contributed by atoms with Gasteiger partial charge in [0.2, 0.25) is 0 Å². The number of nitrogens with zero attached hydrogens (tertiary/aromatic N) is 1. The van der Waals surface area contributed by atoms with Gasteiger partial charge in [-0.3, -0.25) is 0 Å². The number of hydrogen-bond acceptors (Lipinski definition) is 3. The minimum atomic E-state index is -0.261. The first-order valence-corrected chi connectivity index (χ1v) is 7.03. The van der Waals surface area contributed by atoms with Gasteiger partial charge in [0.1, 0.15) is 5.75 Å². The molecule has 20 heavy (non-hydrogen) atoms. The van der Waals surface area contributed by atoms with E-state index < -0.39 is 0 Å². The molecule has 1 N–H and O–H groups in total. The summed E-state index contributed by atoms with van der Waals surface area (Å²) < 4.78 is 11.6. The fraction of sp³-hybridized carbons (Fsp3) is 0.500. The van der Waals surface area contributed by atoms with Crippen LogP contribution in [0.1, 0.15) is 26.3 Å². The zero-order chi connectivity index (χ0) is 14.7. The van der Waals surface area contributed by atoms with Gasteiger partial charge in [-0.1, -0.05) is 0 Å². The fourth-order valence-electron chi connectivity index (χ4n) is 2.34. The monoisotopic (exact) mass is 276 g/mol. The maximum absolute atomic E-state index is 5.97. The van der Waals surface area contributed by atoms with Crippen molar-refractivity contribution < 1.29 is 9.47 Å². The van der Waals surface area contributed by atoms with Gasteiger partial charge < -0.3 is 19.4 Å². The molecular formula is C16H24N2O2. The maximum Gasteiger partial charge on any atom is 0.197 e. The Kier molecular flexibility index (Phi) is 4.68. The van der Waals surface area contributed by atoms with Crippen molar-refractivity contribution in [2.45, 2.75) is 39.7 Å². The molecule has 0 saturated carbocycles. The van der Waals surface area contributed by atoms with Crippen LogP contribution in [0, 0.1) is 0 Å². The maximum atomic E-state index is 5.97. The normalized spacial score (nSPS) is 13.3. The summed E-state index contributed by atoms with van der Waals surface area (Å²) in [5.74, 6) is 0.877. The van der Waals surface area contributed by atoms with Gasteiger partial charge in [0.15, 0.2) is 6.29 Å². The predicted molar refractivity (Wildman–Crippen MR) is 82.0 cm³/mol. The zero-order valence-corrected chi connectivity index (χ0v) is 12.9. The number of aromatic nitrogens is 1. The fourth-order valence-corrected chi connectivity index (χ4v) is 2.34. The van der Waals surface area contributed by atoms with Crippen LogP contribution in [0.25, 0.3) is 10.9 Å². The average Bonchev–Trinajstić information content (AvgIpc) is 2.79. The molecule has 0 aliphatic heterocycles. The first-order valence-electron chi connectivity index (χ1n) is 7.03. The Morgan fingerprint density at radius 1 is 1.15 bits per heavy atom. The van der Waals surface area contributed by atoms with E-state index in [2.05, 4.69) is 36.1 Å². The van der Waals surface area contributed by atoms with Crippen LogP contribution in [0.4, 0.5) is 0 Å². The standard InChI is InChI=1S/C16H24N2O2/c1-11(2)19-12(3)20-15-7-6-13-8-9-17-16(13)14(15)10-18(4)5/h6-9,11-12,17H,10H2,1-5H3. The van der Waals surface area contributed by atoms with Crippen molar-refractivity contribution in [3.63, 3.8) is 0 Å². The van der Waals surface area contributed by atoms with Crippen molar-refractivity contribution in [3.8, 4) is 5.75 Å². The molecule has 1 heterocycles. The smallest absolute Gasteiger partial charge is 0.197 e. The summed E-state index contributed by atoms with van der Waals surface area (Å²) in [6, 6.07) is 6.17. The lowest BCUT2D eigenvalue weighted by molar-refractivity contribution is -0.0955. The third-order valence-electron chi connectivity index (χ3n) is 3.02. The Hall–Kier alpha value is -1.52. The second-order valence-electron chi connectivity index (χ2n) is 5.59. The molecule has 0 aliphatic carbocycles. The summed E-state index contributed by atoms with van der Waals surface area (Å²) in [6.45, 7) is 6.77. The minimum Gasteiger partial charge on any atom is -0.465 e. The highest BCUT2D eigenvalue weighted by Gasteiger charge is 2.14. The highest BCUT2D eigenvalue weighted by atomic mass is 16.7. The van der Waals surface area contributed by atoms with Crippen LogP contribution in [0.2, 0.25) is 0 Å². The Morgan fingerprint density at radius 2 is 1.90 bits per heavy atom. The van der Waals surface area contributed by atoms with Crippen LogP contribution in [-0.2, 0) is 11.3 Å². The molecule has 1 aromatic carbocycles. The van der Waals surface area contributed by atoms with E-state index >= 15 is 0 Å². The summed E-state index contributed by atoms with van der Waals surface area (Å²) >= 11 is 0. The number of aromatic amines is 1. The highest BCUT2D eigenvalue weighted by Crippen LogP contribution is 2.29. The third kappa shape index (κ3) is 3.52. The molecule has 0 fully saturated rings. The number of ether oxygens (including phenoxy) is 2. The summed E-state index contributed by atoms with van der Waals surface area (Å²) in [5, 5.41) is 1.20. The van der Waals surface area contributed by atoms with Crippen molar-refractivity contribution >= 4 is 10.9 Å². The Labute approximate surface area is 120 Å². The van der Waals surface area contributed by atoms with Crippen LogP contribution in [0.5, 0.6) is 5.75 Å². The van der Waals surface area contributed by atoms with Gasteiger partial charge in [0.05, 0.1) is 11.6 Å². The van der Waals surface area contributed by atoms with Crippen molar-refractivity contribution in [2.24, 2.45) is 0 Å². The number of H-pyrrole nitrogens is 1. The Bertz CT molecular complexity index is 561. The van der Waals surface area contributed by atoms with E-state index in [9.17, 15) is 0 Å². The van der Waals surface area contributed by atoms with Crippen LogP contribution in [0.15, 0.2) is 24.4 Å². The molecule has 4 nitrogen and oxygen atoms in total. The largest absolute Gasteiger partial charge is 0.465 e. The van der Waals surface area contributed by atoms with E-state index in [0.29, 0.717) is 0 Å². The molecule has 1 unspecified atom stereocenters. The summed E-state index contributed by atoms with van der Waals surface area (Å²) in [7, 11) is 4.11. The zero-order valence-electron chi connectivity index (χ0n) is 12.9. The van der Waals surface area contributed by atoms with Crippen LogP contribution in [0.3, 0.4) is 0 Å². The SMILES string of the molecule is CC(C)OC(C)Oc1ccc2cc[nH]c2c1CN(C)C. The van der Waals surface area contributed by atoms with Crippen molar-refractivity contribution in [3.05, 3.63) is 30.0 Å². The second kappa shape index (κ2) is 6.29. The number of rotatable bonds is 6. The molecule has 0 radical (unpaired) electrons. The molecule has 110 valence electrons. The van der Waals surface area contributed by atoms with Crippen LogP contribution < -0.4 is 4.74 Å². The van der Waals surface area contributed by atoms with Gasteiger partial charge in [0, 0.05) is 18.3 Å². The third-order valence-corrected chi connectivity index (χ3v) is 3.02. The molecule has 2 aromatic rings. The highest BCUT2D eigenvalue weighted by molar-refractivity contribution is 5.84. The minimum absolute atomic E-state index is 0.150. The molecule has 4 heteroatoms. The Morgan fingerprint density at radius 3 is 2.55 bits per heavy atom. The van der Waals surface area contributed by atoms with Gasteiger partial charge in [-0.25, -0.2) is 0 Å². The van der Waals surface area contributed by atoms with E-state index in [0.717, 1.165) is 23.4 Å². The lowest BCUT2D eigenvalue weighted by atomic mass is 10.1. The van der Waals surface area contributed by atoms with Crippen molar-refractivity contribution in [1.29, 1.82) is 0 Å². The summed E-state index contributed by atoms with van der Waals surface area (Å²) in [5.41, 5.74) is 2.30. The summed E-state index contributed by atoms with van der Waals surface area (Å²) in [6.07, 6.45) is 1.85. The molecule has 1 atom stereocenters. The second-order valence-corrected chi connectivity index (χ2v) is 5.59. The van der Waals surface area contributed by atoms with Gasteiger partial charge in [-0.2, -0.15) is 0 Å². The van der Waals surface area contributed by atoms with E-state index in [1.165, 1.54) is 5.39 Å². The van der Waals surface area contributed by atoms with E-state index in [1.807, 2.05) is 33.0 Å². The number of fused-ring (bicyclic) bond motifs is 1. The number of benzene rings is 1. The van der Waals surface area contributed by atoms with Crippen LogP contribution in [-0.4, -0.2) is 36.4 Å². The van der Waals surface area contributed by atoms with E-state index in [-0.39, 0.29) is 12.4 Å². The van der Waals surface area contributed by atoms with Gasteiger partial charge in [-0.15, -0.1) is 0 Å². The van der Waals surface area contributed by atoms with Crippen molar-refractivity contribution in [2.75, 3.05) is 14.1 Å². The number of nitrogens with one attached hydrogen (secondary N) is 1. The first-order chi connectivity index (χ1) is 9.47. The predicted octanol–water partition coefficient (Wildman–Crippen LogP) is 3.38. The van der Waals surface area contributed by atoms with E-state index in [4.69, 9.17) is 9.47 Å². The molecule has 1 aromatic heterocycles. The number of hydrogen-bond donors (Lipinski definition) is 1.